The zero-order valence-corrected chi connectivity index (χ0v) is 15.3. The molecular formula is C16H27N5O2S. The Kier molecular flexibility index (Phi) is 5.36. The average molecular weight is 353 g/mol. The molecule has 1 N–H and O–H groups in total. The summed E-state index contributed by atoms with van der Waals surface area (Å²) in [5.41, 5.74) is 0. The summed E-state index contributed by atoms with van der Waals surface area (Å²) in [7, 11) is -3.38. The van der Waals surface area contributed by atoms with Crippen LogP contribution < -0.4 is 9.62 Å². The number of hydrogen-bond donors (Lipinski definition) is 1. The highest BCUT2D eigenvalue weighted by Gasteiger charge is 2.37. The van der Waals surface area contributed by atoms with E-state index in [1.54, 1.807) is 10.5 Å². The molecule has 0 saturated carbocycles. The van der Waals surface area contributed by atoms with Crippen molar-refractivity contribution < 1.29 is 8.42 Å². The van der Waals surface area contributed by atoms with Crippen molar-refractivity contribution in [2.24, 2.45) is 5.92 Å². The fourth-order valence-electron chi connectivity index (χ4n) is 3.67. The van der Waals surface area contributed by atoms with Crippen molar-refractivity contribution in [1.29, 1.82) is 0 Å². The molecule has 0 aromatic carbocycles. The van der Waals surface area contributed by atoms with Gasteiger partial charge in [0.15, 0.2) is 0 Å². The molecule has 24 heavy (non-hydrogen) atoms. The first-order valence-corrected chi connectivity index (χ1v) is 10.3. The average Bonchev–Trinajstić information content (AvgIpc) is 3.18. The van der Waals surface area contributed by atoms with Gasteiger partial charge in [0.2, 0.25) is 0 Å². The first-order chi connectivity index (χ1) is 11.5. The Hall–Kier alpha value is -1.25. The van der Waals surface area contributed by atoms with Crippen molar-refractivity contribution in [3.05, 3.63) is 18.1 Å². The van der Waals surface area contributed by atoms with Crippen molar-refractivity contribution in [2.75, 3.05) is 31.1 Å². The summed E-state index contributed by atoms with van der Waals surface area (Å²) in [6, 6.07) is 1.83. The molecule has 0 aliphatic carbocycles. The van der Waals surface area contributed by atoms with Crippen LogP contribution in [0.25, 0.3) is 0 Å². The number of anilines is 1. The van der Waals surface area contributed by atoms with Crippen LogP contribution in [0, 0.1) is 12.8 Å². The molecule has 134 valence electrons. The minimum atomic E-state index is -3.38. The van der Waals surface area contributed by atoms with Gasteiger partial charge in [-0.1, -0.05) is 13.3 Å². The maximum Gasteiger partial charge on any atom is 0.279 e. The summed E-state index contributed by atoms with van der Waals surface area (Å²) >= 11 is 0. The summed E-state index contributed by atoms with van der Waals surface area (Å²) in [5, 5.41) is 0. The molecule has 2 unspecified atom stereocenters. The van der Waals surface area contributed by atoms with E-state index in [1.807, 2.05) is 13.0 Å². The largest absolute Gasteiger partial charge is 0.355 e. The lowest BCUT2D eigenvalue weighted by Gasteiger charge is -2.23. The molecule has 0 amide bonds. The van der Waals surface area contributed by atoms with Crippen molar-refractivity contribution in [1.82, 2.24) is 19.0 Å². The summed E-state index contributed by atoms with van der Waals surface area (Å²) in [5.74, 6) is 1.93. The maximum absolute atomic E-state index is 12.6. The second-order valence-corrected chi connectivity index (χ2v) is 8.45. The van der Waals surface area contributed by atoms with Gasteiger partial charge >= 0.3 is 0 Å². The lowest BCUT2D eigenvalue weighted by molar-refractivity contribution is 0.412. The highest BCUT2D eigenvalue weighted by molar-refractivity contribution is 7.87. The normalized spacial score (nSPS) is 25.5. The zero-order chi connectivity index (χ0) is 17.2. The molecule has 0 radical (unpaired) electrons. The Morgan fingerprint density at radius 2 is 2.04 bits per heavy atom. The molecule has 2 fully saturated rings. The van der Waals surface area contributed by atoms with Crippen molar-refractivity contribution >= 4 is 16.0 Å². The molecule has 8 heteroatoms. The van der Waals surface area contributed by atoms with E-state index in [-0.39, 0.29) is 6.04 Å². The summed E-state index contributed by atoms with van der Waals surface area (Å²) < 4.78 is 29.7. The summed E-state index contributed by atoms with van der Waals surface area (Å²) in [6.07, 6.45) is 5.72. The molecule has 1 aromatic heterocycles. The minimum absolute atomic E-state index is 0.0641. The van der Waals surface area contributed by atoms with Crippen LogP contribution in [0.4, 0.5) is 5.82 Å². The first-order valence-electron chi connectivity index (χ1n) is 8.81. The highest BCUT2D eigenvalue weighted by Crippen LogP contribution is 2.27. The number of nitrogens with one attached hydrogen (secondary N) is 1. The second kappa shape index (κ2) is 7.33. The molecule has 7 nitrogen and oxygen atoms in total. The predicted octanol–water partition coefficient (Wildman–Crippen LogP) is 1.32. The molecule has 0 spiro atoms. The Labute approximate surface area is 144 Å². The van der Waals surface area contributed by atoms with Gasteiger partial charge in [0.05, 0.1) is 0 Å². The highest BCUT2D eigenvalue weighted by atomic mass is 32.2. The van der Waals surface area contributed by atoms with E-state index in [4.69, 9.17) is 0 Å². The Morgan fingerprint density at radius 3 is 2.71 bits per heavy atom. The Morgan fingerprint density at radius 1 is 1.29 bits per heavy atom. The number of nitrogens with zero attached hydrogens (tertiary/aromatic N) is 4. The van der Waals surface area contributed by atoms with Gasteiger partial charge in [-0.3, -0.25) is 0 Å². The molecule has 2 atom stereocenters. The third kappa shape index (κ3) is 3.87. The lowest BCUT2D eigenvalue weighted by atomic mass is 9.99. The fourth-order valence-corrected chi connectivity index (χ4v) is 5.21. The van der Waals surface area contributed by atoms with E-state index < -0.39 is 10.2 Å². The molecular weight excluding hydrogens is 326 g/mol. The van der Waals surface area contributed by atoms with Crippen LogP contribution in [-0.2, 0) is 10.2 Å². The Balaban J connectivity index is 1.73. The van der Waals surface area contributed by atoms with Gasteiger partial charge in [-0.2, -0.15) is 17.4 Å². The molecule has 0 bridgehead atoms. The van der Waals surface area contributed by atoms with E-state index in [1.165, 1.54) is 0 Å². The first kappa shape index (κ1) is 17.6. The smallest absolute Gasteiger partial charge is 0.279 e. The maximum atomic E-state index is 12.6. The molecule has 3 heterocycles. The quantitative estimate of drug-likeness (QED) is 0.834. The fraction of sp³-hybridized carbons (Fsp3) is 0.750. The molecule has 2 aliphatic heterocycles. The number of rotatable bonds is 6. The Bertz CT molecular complexity index is 660. The lowest BCUT2D eigenvalue weighted by Crippen LogP contribution is -2.47. The van der Waals surface area contributed by atoms with Gasteiger partial charge in [0.1, 0.15) is 11.6 Å². The van der Waals surface area contributed by atoms with Gasteiger partial charge < -0.3 is 4.90 Å². The molecule has 2 aliphatic rings. The molecule has 1 aromatic rings. The second-order valence-electron chi connectivity index (χ2n) is 6.75. The number of hydrogen-bond acceptors (Lipinski definition) is 5. The minimum Gasteiger partial charge on any atom is -0.355 e. The van der Waals surface area contributed by atoms with Gasteiger partial charge in [-0.05, 0) is 38.2 Å². The van der Waals surface area contributed by atoms with Crippen molar-refractivity contribution in [3.63, 3.8) is 0 Å². The van der Waals surface area contributed by atoms with Crippen molar-refractivity contribution in [2.45, 2.75) is 45.6 Å². The van der Waals surface area contributed by atoms with Crippen LogP contribution in [0.15, 0.2) is 12.3 Å². The predicted molar refractivity (Wildman–Crippen MR) is 94.0 cm³/mol. The van der Waals surface area contributed by atoms with E-state index in [2.05, 4.69) is 26.5 Å². The van der Waals surface area contributed by atoms with Crippen LogP contribution in [0.5, 0.6) is 0 Å². The van der Waals surface area contributed by atoms with E-state index >= 15 is 0 Å². The van der Waals surface area contributed by atoms with E-state index in [0.29, 0.717) is 25.6 Å². The van der Waals surface area contributed by atoms with E-state index in [9.17, 15) is 8.42 Å². The van der Waals surface area contributed by atoms with Crippen molar-refractivity contribution in [3.8, 4) is 0 Å². The summed E-state index contributed by atoms with van der Waals surface area (Å²) in [6.45, 7) is 6.77. The van der Waals surface area contributed by atoms with Crippen LogP contribution >= 0.6 is 0 Å². The van der Waals surface area contributed by atoms with Crippen LogP contribution in [-0.4, -0.2) is 54.9 Å². The van der Waals surface area contributed by atoms with E-state index in [0.717, 1.165) is 43.9 Å². The van der Waals surface area contributed by atoms with Crippen LogP contribution in [0.3, 0.4) is 0 Å². The molecule has 2 saturated heterocycles. The third-order valence-electron chi connectivity index (χ3n) is 4.89. The summed E-state index contributed by atoms with van der Waals surface area (Å²) in [4.78, 5) is 10.8. The number of aromatic nitrogens is 2. The third-order valence-corrected chi connectivity index (χ3v) is 6.54. The van der Waals surface area contributed by atoms with Gasteiger partial charge in [0, 0.05) is 38.4 Å². The SMILES string of the molecule is CCCC1CN(c2ccnc(C)n2)CC1NS(=O)(=O)N1CCCC1. The standard InChI is InChI=1S/C16H27N5O2S/c1-3-6-14-11-20(16-7-8-17-13(2)18-16)12-15(14)19-24(22,23)21-9-4-5-10-21/h7-8,14-15,19H,3-6,9-12H2,1-2H3. The van der Waals surface area contributed by atoms with Gasteiger partial charge in [-0.15, -0.1) is 0 Å². The van der Waals surface area contributed by atoms with Crippen LogP contribution in [0.1, 0.15) is 38.4 Å². The monoisotopic (exact) mass is 353 g/mol. The van der Waals surface area contributed by atoms with Crippen LogP contribution in [0.2, 0.25) is 0 Å². The topological polar surface area (TPSA) is 78.4 Å². The zero-order valence-electron chi connectivity index (χ0n) is 14.5. The number of aryl methyl sites for hydroxylation is 1. The van der Waals surface area contributed by atoms with Gasteiger partial charge in [0.25, 0.3) is 10.2 Å². The van der Waals surface area contributed by atoms with Gasteiger partial charge in [-0.25, -0.2) is 9.97 Å². The molecule has 3 rings (SSSR count).